The van der Waals surface area contributed by atoms with E-state index in [4.69, 9.17) is 4.74 Å². The molecular formula is C25H25F2N3O3. The molecule has 0 bridgehead atoms. The Hall–Kier alpha value is -3.52. The first-order valence-electron chi connectivity index (χ1n) is 10.8. The number of carbonyl (C=O) groups excluding carboxylic acids is 2. The molecule has 0 saturated heterocycles. The fourth-order valence-electron chi connectivity index (χ4n) is 3.92. The summed E-state index contributed by atoms with van der Waals surface area (Å²) in [5.74, 6) is -1.36. The van der Waals surface area contributed by atoms with Crippen molar-refractivity contribution in [3.05, 3.63) is 94.3 Å². The van der Waals surface area contributed by atoms with Crippen LogP contribution < -0.4 is 10.6 Å². The normalized spacial score (nSPS) is 14.8. The van der Waals surface area contributed by atoms with E-state index in [-0.39, 0.29) is 42.1 Å². The van der Waals surface area contributed by atoms with Crippen molar-refractivity contribution in [3.8, 4) is 0 Å². The Balaban J connectivity index is 1.54. The fourth-order valence-corrected chi connectivity index (χ4v) is 3.92. The van der Waals surface area contributed by atoms with Gasteiger partial charge in [0.05, 0.1) is 36.6 Å². The third-order valence-electron chi connectivity index (χ3n) is 5.82. The van der Waals surface area contributed by atoms with E-state index in [1.165, 1.54) is 24.3 Å². The van der Waals surface area contributed by atoms with Gasteiger partial charge in [0, 0.05) is 6.54 Å². The average molecular weight is 453 g/mol. The van der Waals surface area contributed by atoms with Crippen molar-refractivity contribution in [1.82, 2.24) is 15.2 Å². The maximum Gasteiger partial charge on any atom is 0.268 e. The number of hydrogen-bond acceptors (Lipinski definition) is 3. The topological polar surface area (TPSA) is 72.4 Å². The molecule has 0 radical (unpaired) electrons. The number of ether oxygens (including phenoxy) is 1. The highest BCUT2D eigenvalue weighted by atomic mass is 19.1. The predicted molar refractivity (Wildman–Crippen MR) is 119 cm³/mol. The molecule has 4 rings (SSSR count). The standard InChI is InChI=1S/C25H25F2N3O3/c1-15(17-3-7-19(26)8-4-17)28-24(31)21-13-22(30-11-12-33-14-23(21)30)25(32)29-16(2)18-5-9-20(27)10-6-18/h3-10,13,15-16H,11-12,14H2,1-2H3,(H,28,31)(H,29,32). The van der Waals surface area contributed by atoms with Crippen LogP contribution in [0.4, 0.5) is 8.78 Å². The molecule has 0 saturated carbocycles. The van der Waals surface area contributed by atoms with Gasteiger partial charge in [-0.25, -0.2) is 8.78 Å². The average Bonchev–Trinajstić information content (AvgIpc) is 3.20. The molecule has 0 spiro atoms. The monoisotopic (exact) mass is 453 g/mol. The molecule has 8 heteroatoms. The third kappa shape index (κ3) is 4.96. The quantitative estimate of drug-likeness (QED) is 0.585. The van der Waals surface area contributed by atoms with Crippen LogP contribution in [0.3, 0.4) is 0 Å². The van der Waals surface area contributed by atoms with Gasteiger partial charge in [0.2, 0.25) is 0 Å². The Bertz CT molecular complexity index is 1070. The van der Waals surface area contributed by atoms with Gasteiger partial charge in [-0.05, 0) is 55.3 Å². The Labute approximate surface area is 190 Å². The molecule has 2 aromatic carbocycles. The van der Waals surface area contributed by atoms with Crippen LogP contribution in [0.25, 0.3) is 0 Å². The number of hydrogen-bond donors (Lipinski definition) is 2. The van der Waals surface area contributed by atoms with Crippen LogP contribution in [-0.2, 0) is 17.9 Å². The number of benzene rings is 2. The summed E-state index contributed by atoms with van der Waals surface area (Å²) in [5, 5.41) is 5.82. The summed E-state index contributed by atoms with van der Waals surface area (Å²) in [6.07, 6.45) is 0. The second-order valence-corrected chi connectivity index (χ2v) is 8.09. The van der Waals surface area contributed by atoms with Crippen molar-refractivity contribution in [2.75, 3.05) is 6.61 Å². The largest absolute Gasteiger partial charge is 0.373 e. The van der Waals surface area contributed by atoms with Crippen molar-refractivity contribution < 1.29 is 23.1 Å². The van der Waals surface area contributed by atoms with E-state index in [0.29, 0.717) is 30.1 Å². The smallest absolute Gasteiger partial charge is 0.268 e. The van der Waals surface area contributed by atoms with E-state index in [0.717, 1.165) is 11.1 Å². The number of fused-ring (bicyclic) bond motifs is 1. The van der Waals surface area contributed by atoms with Crippen molar-refractivity contribution >= 4 is 11.8 Å². The van der Waals surface area contributed by atoms with Crippen molar-refractivity contribution in [1.29, 1.82) is 0 Å². The van der Waals surface area contributed by atoms with Crippen molar-refractivity contribution in [2.24, 2.45) is 0 Å². The summed E-state index contributed by atoms with van der Waals surface area (Å²) in [6.45, 7) is 4.72. The lowest BCUT2D eigenvalue weighted by molar-refractivity contribution is 0.0775. The molecule has 2 atom stereocenters. The Kier molecular flexibility index (Phi) is 6.55. The first-order valence-corrected chi connectivity index (χ1v) is 10.8. The minimum absolute atomic E-state index is 0.217. The predicted octanol–water partition coefficient (Wildman–Crippen LogP) is 4.28. The SMILES string of the molecule is CC(NC(=O)c1cc(C(=O)NC(C)c2ccc(F)cc2)n2c1COCC2)c1ccc(F)cc1. The van der Waals surface area contributed by atoms with Crippen LogP contribution in [0.15, 0.2) is 54.6 Å². The van der Waals surface area contributed by atoms with Crippen LogP contribution >= 0.6 is 0 Å². The van der Waals surface area contributed by atoms with Gasteiger partial charge in [-0.15, -0.1) is 0 Å². The van der Waals surface area contributed by atoms with E-state index >= 15 is 0 Å². The number of nitrogens with one attached hydrogen (secondary N) is 2. The molecule has 3 aromatic rings. The van der Waals surface area contributed by atoms with E-state index < -0.39 is 0 Å². The number of rotatable bonds is 6. The van der Waals surface area contributed by atoms with E-state index in [1.54, 1.807) is 34.9 Å². The molecule has 2 amide bonds. The second-order valence-electron chi connectivity index (χ2n) is 8.09. The van der Waals surface area contributed by atoms with Crippen molar-refractivity contribution in [2.45, 2.75) is 39.1 Å². The lowest BCUT2D eigenvalue weighted by Gasteiger charge is -2.21. The molecule has 0 aliphatic carbocycles. The first kappa shape index (κ1) is 22.7. The number of aromatic nitrogens is 1. The summed E-state index contributed by atoms with van der Waals surface area (Å²) >= 11 is 0. The van der Waals surface area contributed by atoms with Gasteiger partial charge in [-0.1, -0.05) is 24.3 Å². The van der Waals surface area contributed by atoms with E-state index in [2.05, 4.69) is 10.6 Å². The molecule has 172 valence electrons. The molecule has 2 heterocycles. The highest BCUT2D eigenvalue weighted by molar-refractivity contribution is 6.01. The highest BCUT2D eigenvalue weighted by Gasteiger charge is 2.27. The van der Waals surface area contributed by atoms with E-state index in [9.17, 15) is 18.4 Å². The molecule has 6 nitrogen and oxygen atoms in total. The molecule has 0 fully saturated rings. The minimum atomic E-state index is -0.353. The lowest BCUT2D eigenvalue weighted by Crippen LogP contribution is -2.30. The van der Waals surface area contributed by atoms with Crippen LogP contribution in [-0.4, -0.2) is 23.0 Å². The Morgan fingerprint density at radius 3 is 1.94 bits per heavy atom. The van der Waals surface area contributed by atoms with Crippen LogP contribution in [0.5, 0.6) is 0 Å². The molecular weight excluding hydrogens is 428 g/mol. The molecule has 2 N–H and O–H groups in total. The summed E-state index contributed by atoms with van der Waals surface area (Å²) in [7, 11) is 0. The number of nitrogens with zero attached hydrogens (tertiary/aromatic N) is 1. The Morgan fingerprint density at radius 2 is 1.39 bits per heavy atom. The van der Waals surface area contributed by atoms with Crippen LogP contribution in [0.1, 0.15) is 63.6 Å². The van der Waals surface area contributed by atoms with Gasteiger partial charge in [0.15, 0.2) is 0 Å². The lowest BCUT2D eigenvalue weighted by atomic mass is 10.1. The van der Waals surface area contributed by atoms with Gasteiger partial charge < -0.3 is 19.9 Å². The number of halogens is 2. The third-order valence-corrected chi connectivity index (χ3v) is 5.82. The summed E-state index contributed by atoms with van der Waals surface area (Å²) in [6, 6.07) is 12.7. The zero-order chi connectivity index (χ0) is 23.5. The summed E-state index contributed by atoms with van der Waals surface area (Å²) in [4.78, 5) is 26.1. The highest BCUT2D eigenvalue weighted by Crippen LogP contribution is 2.23. The molecule has 1 aromatic heterocycles. The number of amides is 2. The van der Waals surface area contributed by atoms with Crippen LogP contribution in [0.2, 0.25) is 0 Å². The van der Waals surface area contributed by atoms with E-state index in [1.807, 2.05) is 13.8 Å². The maximum absolute atomic E-state index is 13.2. The van der Waals surface area contributed by atoms with Crippen LogP contribution in [0, 0.1) is 11.6 Å². The number of carbonyl (C=O) groups is 2. The fraction of sp³-hybridized carbons (Fsp3) is 0.280. The molecule has 1 aliphatic heterocycles. The van der Waals surface area contributed by atoms with Gasteiger partial charge in [-0.3, -0.25) is 9.59 Å². The minimum Gasteiger partial charge on any atom is -0.373 e. The molecule has 1 aliphatic rings. The maximum atomic E-state index is 13.2. The van der Waals surface area contributed by atoms with Crippen molar-refractivity contribution in [3.63, 3.8) is 0 Å². The first-order chi connectivity index (χ1) is 15.8. The van der Waals surface area contributed by atoms with Gasteiger partial charge in [0.25, 0.3) is 11.8 Å². The summed E-state index contributed by atoms with van der Waals surface area (Å²) < 4.78 is 33.7. The molecule has 2 unspecified atom stereocenters. The molecule has 33 heavy (non-hydrogen) atoms. The van der Waals surface area contributed by atoms with Gasteiger partial charge in [-0.2, -0.15) is 0 Å². The summed E-state index contributed by atoms with van der Waals surface area (Å²) in [5.41, 5.74) is 2.89. The van der Waals surface area contributed by atoms with Gasteiger partial charge >= 0.3 is 0 Å². The Morgan fingerprint density at radius 1 is 0.879 bits per heavy atom. The van der Waals surface area contributed by atoms with Gasteiger partial charge in [0.1, 0.15) is 17.3 Å². The second kappa shape index (κ2) is 9.54. The zero-order valence-electron chi connectivity index (χ0n) is 18.4. The zero-order valence-corrected chi connectivity index (χ0v) is 18.4.